The van der Waals surface area contributed by atoms with E-state index in [1.165, 1.54) is 0 Å². The van der Waals surface area contributed by atoms with Crippen molar-refractivity contribution >= 4 is 5.91 Å². The number of aromatic nitrogens is 2. The fraction of sp³-hybridized carbons (Fsp3) is 0.462. The van der Waals surface area contributed by atoms with Crippen LogP contribution in [0.4, 0.5) is 13.2 Å². The van der Waals surface area contributed by atoms with Crippen LogP contribution in [0.3, 0.4) is 0 Å². The quantitative estimate of drug-likeness (QED) is 0.797. The predicted octanol–water partition coefficient (Wildman–Crippen LogP) is 1.62. The van der Waals surface area contributed by atoms with E-state index in [-0.39, 0.29) is 23.6 Å². The van der Waals surface area contributed by atoms with Gasteiger partial charge in [-0.05, 0) is 18.8 Å². The molecule has 0 saturated heterocycles. The van der Waals surface area contributed by atoms with Crippen molar-refractivity contribution in [2.45, 2.75) is 19.0 Å². The average molecular weight is 283 g/mol. The highest BCUT2D eigenvalue weighted by atomic mass is 19.4. The topological polar surface area (TPSA) is 54.9 Å². The lowest BCUT2D eigenvalue weighted by Crippen LogP contribution is -2.36. The molecule has 1 aromatic rings. The molecule has 2 rings (SSSR count). The van der Waals surface area contributed by atoms with Crippen molar-refractivity contribution in [3.05, 3.63) is 23.8 Å². The number of carbonyl (C=O) groups is 1. The zero-order valence-electron chi connectivity index (χ0n) is 10.7. The highest BCUT2D eigenvalue weighted by molar-refractivity contribution is 5.79. The molecule has 7 heteroatoms. The van der Waals surface area contributed by atoms with Gasteiger partial charge in [0.05, 0.1) is 5.56 Å². The van der Waals surface area contributed by atoms with Crippen LogP contribution in [0.15, 0.2) is 12.4 Å². The average Bonchev–Trinajstić information content (AvgIpc) is 2.36. The van der Waals surface area contributed by atoms with Crippen LogP contribution < -0.4 is 5.32 Å². The van der Waals surface area contributed by atoms with Crippen LogP contribution in [0.2, 0.25) is 0 Å². The van der Waals surface area contributed by atoms with Gasteiger partial charge in [0.1, 0.15) is 0 Å². The maximum absolute atomic E-state index is 12.3. The van der Waals surface area contributed by atoms with E-state index in [1.807, 2.05) is 0 Å². The fourth-order valence-corrected chi connectivity index (χ4v) is 1.86. The van der Waals surface area contributed by atoms with E-state index in [1.54, 1.807) is 7.05 Å². The van der Waals surface area contributed by atoms with Crippen molar-refractivity contribution in [1.82, 2.24) is 15.3 Å². The number of amides is 1. The van der Waals surface area contributed by atoms with Gasteiger partial charge in [0.25, 0.3) is 0 Å². The van der Waals surface area contributed by atoms with E-state index in [9.17, 15) is 18.0 Å². The first kappa shape index (κ1) is 14.3. The van der Waals surface area contributed by atoms with Gasteiger partial charge in [-0.25, -0.2) is 9.97 Å². The zero-order chi connectivity index (χ0) is 14.8. The number of nitrogens with one attached hydrogen (secondary N) is 1. The Balaban J connectivity index is 1.93. The Bertz CT molecular complexity index is 551. The summed E-state index contributed by atoms with van der Waals surface area (Å²) in [4.78, 5) is 18.4. The Hall–Kier alpha value is -2.10. The molecule has 0 spiro atoms. The Morgan fingerprint density at radius 2 is 1.95 bits per heavy atom. The van der Waals surface area contributed by atoms with E-state index in [0.717, 1.165) is 0 Å². The van der Waals surface area contributed by atoms with Crippen molar-refractivity contribution in [2.75, 3.05) is 7.05 Å². The third kappa shape index (κ3) is 3.26. The molecular weight excluding hydrogens is 271 g/mol. The first-order valence-electron chi connectivity index (χ1n) is 6.02. The molecule has 1 heterocycles. The van der Waals surface area contributed by atoms with Gasteiger partial charge in [0, 0.05) is 31.3 Å². The summed E-state index contributed by atoms with van der Waals surface area (Å²) in [6, 6.07) is 0. The largest absolute Gasteiger partial charge is 0.419 e. The summed E-state index contributed by atoms with van der Waals surface area (Å²) in [5, 5.41) is 2.56. The van der Waals surface area contributed by atoms with Gasteiger partial charge in [0.15, 0.2) is 0 Å². The number of alkyl halides is 3. The molecule has 1 aromatic heterocycles. The molecule has 0 unspecified atom stereocenters. The molecule has 0 aromatic carbocycles. The van der Waals surface area contributed by atoms with E-state index in [2.05, 4.69) is 27.1 Å². The molecule has 4 nitrogen and oxygen atoms in total. The minimum absolute atomic E-state index is 0.00571. The highest BCUT2D eigenvalue weighted by Gasteiger charge is 2.33. The Morgan fingerprint density at radius 1 is 1.35 bits per heavy atom. The number of nitrogens with zero attached hydrogens (tertiary/aromatic N) is 2. The monoisotopic (exact) mass is 283 g/mol. The molecule has 106 valence electrons. The lowest BCUT2D eigenvalue weighted by molar-refractivity contribution is -0.138. The minimum atomic E-state index is -4.44. The summed E-state index contributed by atoms with van der Waals surface area (Å²) in [6.07, 6.45) is -1.70. The molecule has 1 amide bonds. The van der Waals surface area contributed by atoms with Gasteiger partial charge in [-0.2, -0.15) is 13.2 Å². The third-order valence-corrected chi connectivity index (χ3v) is 3.12. The molecular formula is C13H12F3N3O. The molecule has 0 bridgehead atoms. The second kappa shape index (κ2) is 5.49. The van der Waals surface area contributed by atoms with Crippen molar-refractivity contribution in [3.63, 3.8) is 0 Å². The summed E-state index contributed by atoms with van der Waals surface area (Å²) < 4.78 is 36.9. The Kier molecular flexibility index (Phi) is 3.93. The van der Waals surface area contributed by atoms with Gasteiger partial charge in [-0.1, -0.05) is 5.92 Å². The number of halogens is 3. The fourth-order valence-electron chi connectivity index (χ4n) is 1.86. The van der Waals surface area contributed by atoms with Crippen LogP contribution in [0.1, 0.15) is 24.2 Å². The van der Waals surface area contributed by atoms with Gasteiger partial charge >= 0.3 is 6.18 Å². The molecule has 1 saturated carbocycles. The van der Waals surface area contributed by atoms with Crippen LogP contribution in [0, 0.1) is 23.7 Å². The maximum atomic E-state index is 12.3. The molecule has 1 aliphatic rings. The normalized spacial score (nSPS) is 21.4. The predicted molar refractivity (Wildman–Crippen MR) is 64.2 cm³/mol. The summed E-state index contributed by atoms with van der Waals surface area (Å²) in [5.41, 5.74) is -0.897. The van der Waals surface area contributed by atoms with Gasteiger partial charge in [-0.3, -0.25) is 4.79 Å². The van der Waals surface area contributed by atoms with Gasteiger partial charge in [0.2, 0.25) is 11.7 Å². The minimum Gasteiger partial charge on any atom is -0.359 e. The van der Waals surface area contributed by atoms with E-state index < -0.39 is 11.7 Å². The Labute approximate surface area is 113 Å². The van der Waals surface area contributed by atoms with E-state index in [4.69, 9.17) is 0 Å². The molecule has 0 radical (unpaired) electrons. The number of hydrogen-bond acceptors (Lipinski definition) is 3. The summed E-state index contributed by atoms with van der Waals surface area (Å²) >= 11 is 0. The van der Waals surface area contributed by atoms with Crippen LogP contribution in [0.5, 0.6) is 0 Å². The summed E-state index contributed by atoms with van der Waals surface area (Å²) in [5.74, 6) is 5.60. The van der Waals surface area contributed by atoms with Crippen LogP contribution in [0.25, 0.3) is 0 Å². The number of hydrogen-bond donors (Lipinski definition) is 1. The van der Waals surface area contributed by atoms with Gasteiger partial charge in [-0.15, -0.1) is 0 Å². The standard InChI is InChI=1S/C13H12F3N3O/c1-17-12(20)9-4-8(5-9)2-3-11-18-6-10(7-19-11)13(14,15)16/h6-9H,4-5H2,1H3,(H,17,20). The molecule has 20 heavy (non-hydrogen) atoms. The lowest BCUT2D eigenvalue weighted by Gasteiger charge is -2.29. The van der Waals surface area contributed by atoms with E-state index >= 15 is 0 Å². The van der Waals surface area contributed by atoms with Crippen molar-refractivity contribution in [2.24, 2.45) is 11.8 Å². The van der Waals surface area contributed by atoms with Crippen LogP contribution in [-0.4, -0.2) is 22.9 Å². The Morgan fingerprint density at radius 3 is 2.45 bits per heavy atom. The molecule has 1 fully saturated rings. The van der Waals surface area contributed by atoms with Gasteiger partial charge < -0.3 is 5.32 Å². The van der Waals surface area contributed by atoms with Crippen molar-refractivity contribution in [3.8, 4) is 11.8 Å². The zero-order valence-corrected chi connectivity index (χ0v) is 10.7. The first-order chi connectivity index (χ1) is 9.40. The van der Waals surface area contributed by atoms with Crippen LogP contribution in [-0.2, 0) is 11.0 Å². The molecule has 0 aliphatic heterocycles. The van der Waals surface area contributed by atoms with Crippen molar-refractivity contribution in [1.29, 1.82) is 0 Å². The summed E-state index contributed by atoms with van der Waals surface area (Å²) in [6.45, 7) is 0. The SMILES string of the molecule is CNC(=O)C1CC(C#Cc2ncc(C(F)(F)F)cn2)C1. The molecule has 0 atom stereocenters. The second-order valence-corrected chi connectivity index (χ2v) is 4.54. The molecule has 1 aliphatic carbocycles. The van der Waals surface area contributed by atoms with Crippen molar-refractivity contribution < 1.29 is 18.0 Å². The maximum Gasteiger partial charge on any atom is 0.419 e. The smallest absolute Gasteiger partial charge is 0.359 e. The second-order valence-electron chi connectivity index (χ2n) is 4.54. The lowest BCUT2D eigenvalue weighted by atomic mass is 9.75. The highest BCUT2D eigenvalue weighted by Crippen LogP contribution is 2.33. The van der Waals surface area contributed by atoms with E-state index in [0.29, 0.717) is 25.2 Å². The first-order valence-corrected chi connectivity index (χ1v) is 6.02. The third-order valence-electron chi connectivity index (χ3n) is 3.12. The van der Waals surface area contributed by atoms with Crippen LogP contribution >= 0.6 is 0 Å². The number of rotatable bonds is 1. The summed E-state index contributed by atoms with van der Waals surface area (Å²) in [7, 11) is 1.58. The molecule has 1 N–H and O–H groups in total. The number of carbonyl (C=O) groups excluding carboxylic acids is 1.